The topological polar surface area (TPSA) is 79.5 Å². The smallest absolute Gasteiger partial charge is 0.319 e. The molecule has 3 amide bonds. The lowest BCUT2D eigenvalue weighted by Gasteiger charge is -2.11. The van der Waals surface area contributed by atoms with Gasteiger partial charge < -0.3 is 20.7 Å². The van der Waals surface area contributed by atoms with Crippen molar-refractivity contribution in [1.29, 1.82) is 0 Å². The Labute approximate surface area is 174 Å². The van der Waals surface area contributed by atoms with Crippen molar-refractivity contribution in [3.05, 3.63) is 89.7 Å². The molecule has 0 saturated heterocycles. The van der Waals surface area contributed by atoms with Gasteiger partial charge in [-0.3, -0.25) is 4.79 Å². The van der Waals surface area contributed by atoms with Gasteiger partial charge in [0.2, 0.25) is 0 Å². The zero-order chi connectivity index (χ0) is 21.3. The highest BCUT2D eigenvalue weighted by molar-refractivity contribution is 6.05. The molecule has 3 aromatic carbocycles. The summed E-state index contributed by atoms with van der Waals surface area (Å²) in [5.41, 5.74) is 2.37. The van der Waals surface area contributed by atoms with E-state index in [0.717, 1.165) is 5.56 Å². The van der Waals surface area contributed by atoms with Gasteiger partial charge in [-0.05, 0) is 60.5 Å². The van der Waals surface area contributed by atoms with E-state index in [1.54, 1.807) is 54.6 Å². The monoisotopic (exact) mass is 407 g/mol. The zero-order valence-corrected chi connectivity index (χ0v) is 16.4. The van der Waals surface area contributed by atoms with Gasteiger partial charge in [-0.25, -0.2) is 9.18 Å². The first-order chi connectivity index (χ1) is 14.5. The van der Waals surface area contributed by atoms with Gasteiger partial charge in [-0.2, -0.15) is 0 Å². The molecule has 6 nitrogen and oxygen atoms in total. The van der Waals surface area contributed by atoms with Gasteiger partial charge in [0, 0.05) is 17.8 Å². The molecule has 0 aliphatic carbocycles. The third kappa shape index (κ3) is 5.81. The Morgan fingerprint density at radius 1 is 0.933 bits per heavy atom. The molecular weight excluding hydrogens is 385 g/mol. The lowest BCUT2D eigenvalue weighted by molar-refractivity contribution is 0.102. The molecule has 154 valence electrons. The lowest BCUT2D eigenvalue weighted by Crippen LogP contribution is -2.30. The Morgan fingerprint density at radius 3 is 2.43 bits per heavy atom. The number of halogens is 1. The Kier molecular flexibility index (Phi) is 7.00. The molecule has 7 heteroatoms. The summed E-state index contributed by atoms with van der Waals surface area (Å²) in [6.45, 7) is 0.370. The standard InChI is InChI=1S/C23H22FN3O3/c1-30-21-8-3-2-7-20(21)27-22(28)17-9-11-19(12-10-17)26-23(29)25-14-13-16-5-4-6-18(24)15-16/h2-12,15H,13-14H2,1H3,(H,27,28)(H2,25,26,29). The van der Waals surface area contributed by atoms with Gasteiger partial charge in [-0.1, -0.05) is 24.3 Å². The van der Waals surface area contributed by atoms with Crippen LogP contribution in [-0.2, 0) is 6.42 Å². The maximum absolute atomic E-state index is 13.2. The molecule has 0 spiro atoms. The van der Waals surface area contributed by atoms with Crippen LogP contribution in [0.2, 0.25) is 0 Å². The van der Waals surface area contributed by atoms with E-state index in [9.17, 15) is 14.0 Å². The predicted octanol–water partition coefficient (Wildman–Crippen LogP) is 4.45. The summed E-state index contributed by atoms with van der Waals surface area (Å²) in [6.07, 6.45) is 0.521. The van der Waals surface area contributed by atoms with Crippen molar-refractivity contribution >= 4 is 23.3 Å². The highest BCUT2D eigenvalue weighted by Gasteiger charge is 2.10. The fourth-order valence-corrected chi connectivity index (χ4v) is 2.84. The lowest BCUT2D eigenvalue weighted by atomic mass is 10.1. The number of hydrogen-bond donors (Lipinski definition) is 3. The van der Waals surface area contributed by atoms with Crippen LogP contribution in [0.25, 0.3) is 0 Å². The number of methoxy groups -OCH3 is 1. The fourth-order valence-electron chi connectivity index (χ4n) is 2.84. The highest BCUT2D eigenvalue weighted by Crippen LogP contribution is 2.23. The molecule has 3 N–H and O–H groups in total. The molecule has 0 aliphatic rings. The van der Waals surface area contributed by atoms with Crippen LogP contribution in [0.5, 0.6) is 5.75 Å². The number of carbonyl (C=O) groups is 2. The first-order valence-corrected chi connectivity index (χ1v) is 9.39. The summed E-state index contributed by atoms with van der Waals surface area (Å²) in [6, 6.07) is 19.5. The van der Waals surface area contributed by atoms with E-state index in [2.05, 4.69) is 16.0 Å². The highest BCUT2D eigenvalue weighted by atomic mass is 19.1. The molecule has 0 radical (unpaired) electrons. The zero-order valence-electron chi connectivity index (χ0n) is 16.4. The van der Waals surface area contributed by atoms with Crippen LogP contribution in [0.4, 0.5) is 20.6 Å². The van der Waals surface area contributed by atoms with Crippen molar-refractivity contribution in [2.24, 2.45) is 0 Å². The second-order valence-corrected chi connectivity index (χ2v) is 6.49. The van der Waals surface area contributed by atoms with E-state index >= 15 is 0 Å². The Bertz CT molecular complexity index is 1020. The number of amides is 3. The maximum atomic E-state index is 13.2. The van der Waals surface area contributed by atoms with E-state index in [1.807, 2.05) is 6.07 Å². The first kappa shape index (κ1) is 20.9. The number of urea groups is 1. The molecule has 0 heterocycles. The fraction of sp³-hybridized carbons (Fsp3) is 0.130. The molecule has 30 heavy (non-hydrogen) atoms. The van der Waals surface area contributed by atoms with Crippen molar-refractivity contribution in [1.82, 2.24) is 5.32 Å². The summed E-state index contributed by atoms with van der Waals surface area (Å²) in [5, 5.41) is 8.21. The number of benzene rings is 3. The number of hydrogen-bond acceptors (Lipinski definition) is 3. The normalized spacial score (nSPS) is 10.2. The van der Waals surface area contributed by atoms with Crippen LogP contribution in [0.3, 0.4) is 0 Å². The number of nitrogens with one attached hydrogen (secondary N) is 3. The van der Waals surface area contributed by atoms with Crippen LogP contribution >= 0.6 is 0 Å². The van der Waals surface area contributed by atoms with E-state index in [1.165, 1.54) is 19.2 Å². The summed E-state index contributed by atoms with van der Waals surface area (Å²) in [7, 11) is 1.54. The molecule has 0 atom stereocenters. The van der Waals surface area contributed by atoms with E-state index in [-0.39, 0.29) is 17.8 Å². The van der Waals surface area contributed by atoms with Crippen molar-refractivity contribution in [2.45, 2.75) is 6.42 Å². The summed E-state index contributed by atoms with van der Waals surface area (Å²) >= 11 is 0. The average Bonchev–Trinajstić information content (AvgIpc) is 2.74. The molecule has 0 aromatic heterocycles. The second kappa shape index (κ2) is 10.1. The van der Waals surface area contributed by atoms with Crippen molar-refractivity contribution in [3.63, 3.8) is 0 Å². The molecular formula is C23H22FN3O3. The SMILES string of the molecule is COc1ccccc1NC(=O)c1ccc(NC(=O)NCCc2cccc(F)c2)cc1. The van der Waals surface area contributed by atoms with Gasteiger partial charge in [0.05, 0.1) is 12.8 Å². The number of carbonyl (C=O) groups excluding carboxylic acids is 2. The minimum absolute atomic E-state index is 0.286. The minimum Gasteiger partial charge on any atom is -0.495 e. The van der Waals surface area contributed by atoms with Crippen LogP contribution in [-0.4, -0.2) is 25.6 Å². The second-order valence-electron chi connectivity index (χ2n) is 6.49. The Hall–Kier alpha value is -3.87. The number of para-hydroxylation sites is 2. The summed E-state index contributed by atoms with van der Waals surface area (Å²) in [5.74, 6) is -0.0172. The quantitative estimate of drug-likeness (QED) is 0.541. The van der Waals surface area contributed by atoms with E-state index < -0.39 is 0 Å². The molecule has 3 rings (SSSR count). The van der Waals surface area contributed by atoms with Gasteiger partial charge in [0.1, 0.15) is 11.6 Å². The molecule has 3 aromatic rings. The molecule has 0 saturated carbocycles. The van der Waals surface area contributed by atoms with E-state index in [0.29, 0.717) is 35.7 Å². The number of ether oxygens (including phenoxy) is 1. The van der Waals surface area contributed by atoms with Crippen molar-refractivity contribution in [2.75, 3.05) is 24.3 Å². The molecule has 0 aliphatic heterocycles. The third-order valence-corrected chi connectivity index (χ3v) is 4.35. The van der Waals surface area contributed by atoms with Crippen LogP contribution in [0, 0.1) is 5.82 Å². The van der Waals surface area contributed by atoms with Gasteiger partial charge in [0.25, 0.3) is 5.91 Å². The Morgan fingerprint density at radius 2 is 1.70 bits per heavy atom. The van der Waals surface area contributed by atoms with Crippen LogP contribution in [0.15, 0.2) is 72.8 Å². The van der Waals surface area contributed by atoms with Crippen LogP contribution in [0.1, 0.15) is 15.9 Å². The summed E-state index contributed by atoms with van der Waals surface area (Å²) in [4.78, 5) is 24.4. The summed E-state index contributed by atoms with van der Waals surface area (Å²) < 4.78 is 18.4. The molecule has 0 unspecified atom stereocenters. The molecule has 0 bridgehead atoms. The molecule has 0 fully saturated rings. The predicted molar refractivity (Wildman–Crippen MR) is 115 cm³/mol. The average molecular weight is 407 g/mol. The Balaban J connectivity index is 1.50. The largest absolute Gasteiger partial charge is 0.495 e. The maximum Gasteiger partial charge on any atom is 0.319 e. The third-order valence-electron chi connectivity index (χ3n) is 4.35. The minimum atomic E-state index is -0.377. The van der Waals surface area contributed by atoms with Gasteiger partial charge in [0.15, 0.2) is 0 Å². The first-order valence-electron chi connectivity index (χ1n) is 9.39. The number of anilines is 2. The van der Waals surface area contributed by atoms with Crippen molar-refractivity contribution < 1.29 is 18.7 Å². The van der Waals surface area contributed by atoms with E-state index in [4.69, 9.17) is 4.74 Å². The number of rotatable bonds is 7. The van der Waals surface area contributed by atoms with Crippen LogP contribution < -0.4 is 20.7 Å². The van der Waals surface area contributed by atoms with Gasteiger partial charge in [-0.15, -0.1) is 0 Å². The van der Waals surface area contributed by atoms with Gasteiger partial charge >= 0.3 is 6.03 Å². The van der Waals surface area contributed by atoms with Crippen molar-refractivity contribution in [3.8, 4) is 5.75 Å².